The van der Waals surface area contributed by atoms with E-state index in [1.807, 2.05) is 0 Å². The van der Waals surface area contributed by atoms with Gasteiger partial charge in [-0.15, -0.1) is 0 Å². The van der Waals surface area contributed by atoms with Crippen molar-refractivity contribution in [2.75, 3.05) is 0 Å². The van der Waals surface area contributed by atoms with E-state index in [2.05, 4.69) is 102 Å². The van der Waals surface area contributed by atoms with Gasteiger partial charge in [0.15, 0.2) is 0 Å². The summed E-state index contributed by atoms with van der Waals surface area (Å²) in [6.07, 6.45) is 4.33. The molecule has 0 fully saturated rings. The van der Waals surface area contributed by atoms with Gasteiger partial charge >= 0.3 is 163 Å². The maximum atomic E-state index is 3.66. The van der Waals surface area contributed by atoms with Crippen molar-refractivity contribution in [3.63, 3.8) is 0 Å². The van der Waals surface area contributed by atoms with Gasteiger partial charge < -0.3 is 0 Å². The van der Waals surface area contributed by atoms with Crippen LogP contribution in [-0.4, -0.2) is 9.13 Å². The molecule has 3 rings (SSSR count). The van der Waals surface area contributed by atoms with Crippen LogP contribution >= 0.6 is 14.2 Å². The molecule has 1 heterocycles. The van der Waals surface area contributed by atoms with Gasteiger partial charge in [0, 0.05) is 0 Å². The molecule has 0 aliphatic carbocycles. The SMILES string of the molecule is Cc1cc(C)c(-n2ccn(-c3c(C)cc(C)cc3C)[c]2=[Ni][Br])c(C)c1. The molecule has 0 saturated heterocycles. The first kappa shape index (κ1) is 18.4. The van der Waals surface area contributed by atoms with Gasteiger partial charge in [0.05, 0.1) is 0 Å². The van der Waals surface area contributed by atoms with Crippen LogP contribution in [0.1, 0.15) is 33.4 Å². The summed E-state index contributed by atoms with van der Waals surface area (Å²) in [4.78, 5) is 0. The molecule has 0 atom stereocenters. The van der Waals surface area contributed by atoms with Crippen LogP contribution in [0.2, 0.25) is 0 Å². The number of nitrogens with zero attached hydrogens (tertiary/aromatic N) is 2. The zero-order chi connectivity index (χ0) is 18.3. The molecule has 0 aliphatic heterocycles. The Balaban J connectivity index is 2.31. The molecule has 0 saturated carbocycles. The van der Waals surface area contributed by atoms with Crippen LogP contribution in [0, 0.1) is 45.9 Å². The predicted octanol–water partition coefficient (Wildman–Crippen LogP) is 6.04. The van der Waals surface area contributed by atoms with Crippen LogP contribution in [0.4, 0.5) is 0 Å². The summed E-state index contributed by atoms with van der Waals surface area (Å²) in [6, 6.07) is 9.00. The van der Waals surface area contributed by atoms with E-state index in [9.17, 15) is 0 Å². The second-order valence-electron chi connectivity index (χ2n) is 6.83. The van der Waals surface area contributed by atoms with Crippen molar-refractivity contribution in [3.8, 4) is 11.4 Å². The molecule has 0 N–H and O–H groups in total. The molecule has 0 aliphatic rings. The number of rotatable bonds is 2. The van der Waals surface area contributed by atoms with Gasteiger partial charge in [-0.25, -0.2) is 0 Å². The molecule has 1 aromatic heterocycles. The fourth-order valence-electron chi connectivity index (χ4n) is 3.85. The average Bonchev–Trinajstić information content (AvgIpc) is 2.88. The molecule has 0 unspecified atom stereocenters. The Hall–Kier alpha value is -1.38. The summed E-state index contributed by atoms with van der Waals surface area (Å²) in [5, 5.41) is 0. The maximum absolute atomic E-state index is 3.66. The zero-order valence-corrected chi connectivity index (χ0v) is 18.1. The molecule has 4 heteroatoms. The molecule has 0 spiro atoms. The Bertz CT molecular complexity index is 901. The summed E-state index contributed by atoms with van der Waals surface area (Å²) in [5.74, 6) is 0. The van der Waals surface area contributed by atoms with E-state index < -0.39 is 0 Å². The Morgan fingerprint density at radius 2 is 0.960 bits per heavy atom. The van der Waals surface area contributed by atoms with E-state index in [0.717, 1.165) is 4.40 Å². The third-order valence-electron chi connectivity index (χ3n) is 4.54. The van der Waals surface area contributed by atoms with Crippen LogP contribution < -0.4 is 0 Å². The van der Waals surface area contributed by atoms with Gasteiger partial charge in [-0.2, -0.15) is 0 Å². The second-order valence-corrected chi connectivity index (χ2v) is 8.50. The standard InChI is InChI=1S/C21H24N2.BrH.Ni/c1-14-9-16(3)20(17(4)10-14)22-7-8-23(13-22)21-18(5)11-15(2)12-19(21)6;;/h7-12H,1-6H3;1H;/q;;+1/p-1. The Morgan fingerprint density at radius 1 is 0.640 bits per heavy atom. The van der Waals surface area contributed by atoms with Crippen LogP contribution in [0.5, 0.6) is 0 Å². The van der Waals surface area contributed by atoms with Crippen LogP contribution in [0.25, 0.3) is 11.4 Å². The number of hydrogen-bond donors (Lipinski definition) is 0. The van der Waals surface area contributed by atoms with Gasteiger partial charge in [-0.05, 0) is 0 Å². The van der Waals surface area contributed by atoms with Crippen LogP contribution in [0.3, 0.4) is 0 Å². The van der Waals surface area contributed by atoms with Crippen LogP contribution in [0.15, 0.2) is 36.7 Å². The van der Waals surface area contributed by atoms with Crippen molar-refractivity contribution >= 4 is 14.2 Å². The van der Waals surface area contributed by atoms with Crippen molar-refractivity contribution in [1.82, 2.24) is 9.13 Å². The minimum atomic E-state index is 1.16. The number of imidazole rings is 1. The first-order valence-electron chi connectivity index (χ1n) is 8.33. The van der Waals surface area contributed by atoms with Gasteiger partial charge in [0.2, 0.25) is 0 Å². The molecule has 2 aromatic carbocycles. The van der Waals surface area contributed by atoms with Crippen LogP contribution in [-0.2, 0) is 12.2 Å². The van der Waals surface area contributed by atoms with Crippen molar-refractivity contribution in [2.24, 2.45) is 0 Å². The second kappa shape index (κ2) is 7.09. The summed E-state index contributed by atoms with van der Waals surface area (Å²) in [5.41, 5.74) is 10.3. The van der Waals surface area contributed by atoms with E-state index in [4.69, 9.17) is 0 Å². The number of benzene rings is 2. The van der Waals surface area contributed by atoms with E-state index in [1.165, 1.54) is 57.0 Å². The molecule has 2 nitrogen and oxygen atoms in total. The van der Waals surface area contributed by atoms with Gasteiger partial charge in [-0.1, -0.05) is 0 Å². The van der Waals surface area contributed by atoms with Crippen molar-refractivity contribution < 1.29 is 12.2 Å². The molecule has 25 heavy (non-hydrogen) atoms. The normalized spacial score (nSPS) is 11.3. The molecule has 0 radical (unpaired) electrons. The molecule has 3 aromatic rings. The van der Waals surface area contributed by atoms with Gasteiger partial charge in [0.1, 0.15) is 0 Å². The third-order valence-corrected chi connectivity index (χ3v) is 6.11. The fraction of sp³-hybridized carbons (Fsp3) is 0.286. The number of hydrogen-bond acceptors (Lipinski definition) is 0. The van der Waals surface area contributed by atoms with Crippen molar-refractivity contribution in [1.29, 1.82) is 0 Å². The summed E-state index contributed by atoms with van der Waals surface area (Å²) >= 11 is 5.05. The molecular formula is C21H24BrN2Ni. The first-order chi connectivity index (χ1) is 11.8. The molecule has 0 amide bonds. The third kappa shape index (κ3) is 3.35. The summed E-state index contributed by atoms with van der Waals surface area (Å²) in [6.45, 7) is 13.1. The average molecular weight is 443 g/mol. The minimum absolute atomic E-state index is 1.16. The molecule has 135 valence electrons. The molecular weight excluding hydrogens is 419 g/mol. The van der Waals surface area contributed by atoms with Crippen molar-refractivity contribution in [3.05, 3.63) is 74.4 Å². The zero-order valence-electron chi connectivity index (χ0n) is 15.6. The van der Waals surface area contributed by atoms with E-state index in [1.54, 1.807) is 0 Å². The Labute approximate surface area is 162 Å². The number of aromatic nitrogens is 2. The topological polar surface area (TPSA) is 9.86 Å². The first-order valence-corrected chi connectivity index (χ1v) is 11.3. The number of halogens is 1. The molecule has 0 bridgehead atoms. The summed E-state index contributed by atoms with van der Waals surface area (Å²) in [7, 11) is 0. The van der Waals surface area contributed by atoms with Gasteiger partial charge in [0.25, 0.3) is 0 Å². The predicted molar refractivity (Wildman–Crippen MR) is 106 cm³/mol. The van der Waals surface area contributed by atoms with Crippen molar-refractivity contribution in [2.45, 2.75) is 41.5 Å². The van der Waals surface area contributed by atoms with E-state index in [0.29, 0.717) is 0 Å². The Morgan fingerprint density at radius 3 is 1.24 bits per heavy atom. The van der Waals surface area contributed by atoms with E-state index >= 15 is 0 Å². The number of aryl methyl sites for hydroxylation is 6. The van der Waals surface area contributed by atoms with Gasteiger partial charge in [-0.3, -0.25) is 0 Å². The monoisotopic (exact) mass is 441 g/mol. The quantitative estimate of drug-likeness (QED) is 0.428. The Kier molecular flexibility index (Phi) is 5.22. The van der Waals surface area contributed by atoms with E-state index in [-0.39, 0.29) is 0 Å². The summed E-state index contributed by atoms with van der Waals surface area (Å²) < 4.78 is 5.74. The fourth-order valence-corrected chi connectivity index (χ4v) is 5.39.